The molecule has 0 aliphatic rings. The SMILES string of the molecule is CCCOc1ccc(/C=N/NC(=O)Cc2cccc3ccccc23)cc1. The maximum atomic E-state index is 12.2. The molecule has 0 heterocycles. The summed E-state index contributed by atoms with van der Waals surface area (Å²) in [5.41, 5.74) is 4.49. The van der Waals surface area contributed by atoms with Crippen molar-refractivity contribution in [3.8, 4) is 5.75 Å². The average molecular weight is 346 g/mol. The van der Waals surface area contributed by atoms with Gasteiger partial charge in [0.05, 0.1) is 19.2 Å². The van der Waals surface area contributed by atoms with E-state index in [0.717, 1.165) is 34.1 Å². The third-order valence-corrected chi connectivity index (χ3v) is 3.99. The maximum Gasteiger partial charge on any atom is 0.244 e. The number of hydrazone groups is 1. The molecule has 0 spiro atoms. The van der Waals surface area contributed by atoms with Gasteiger partial charge in [0, 0.05) is 0 Å². The molecule has 26 heavy (non-hydrogen) atoms. The monoisotopic (exact) mass is 346 g/mol. The molecule has 4 nitrogen and oxygen atoms in total. The number of amides is 1. The van der Waals surface area contributed by atoms with Crippen LogP contribution in [0.5, 0.6) is 5.75 Å². The first-order chi connectivity index (χ1) is 12.8. The van der Waals surface area contributed by atoms with Crippen molar-refractivity contribution in [2.24, 2.45) is 5.10 Å². The number of carbonyl (C=O) groups excluding carboxylic acids is 1. The zero-order valence-electron chi connectivity index (χ0n) is 14.8. The fourth-order valence-corrected chi connectivity index (χ4v) is 2.71. The molecule has 3 aromatic carbocycles. The summed E-state index contributed by atoms with van der Waals surface area (Å²) in [6.45, 7) is 2.78. The summed E-state index contributed by atoms with van der Waals surface area (Å²) in [4.78, 5) is 12.2. The van der Waals surface area contributed by atoms with Crippen molar-refractivity contribution in [1.29, 1.82) is 0 Å². The Morgan fingerprint density at radius 3 is 2.62 bits per heavy atom. The van der Waals surface area contributed by atoms with Crippen LogP contribution in [-0.4, -0.2) is 18.7 Å². The number of fused-ring (bicyclic) bond motifs is 1. The lowest BCUT2D eigenvalue weighted by molar-refractivity contribution is -0.120. The van der Waals surface area contributed by atoms with E-state index in [4.69, 9.17) is 4.74 Å². The molecule has 0 unspecified atom stereocenters. The van der Waals surface area contributed by atoms with E-state index in [-0.39, 0.29) is 5.91 Å². The van der Waals surface area contributed by atoms with Crippen molar-refractivity contribution in [2.75, 3.05) is 6.61 Å². The Morgan fingerprint density at radius 2 is 1.81 bits per heavy atom. The lowest BCUT2D eigenvalue weighted by atomic mass is 10.0. The van der Waals surface area contributed by atoms with Gasteiger partial charge in [0.25, 0.3) is 0 Å². The predicted molar refractivity (Wildman–Crippen MR) is 106 cm³/mol. The van der Waals surface area contributed by atoms with Crippen molar-refractivity contribution in [2.45, 2.75) is 19.8 Å². The normalized spacial score (nSPS) is 11.0. The Labute approximate surface area is 153 Å². The van der Waals surface area contributed by atoms with Gasteiger partial charge in [-0.25, -0.2) is 5.43 Å². The highest BCUT2D eigenvalue weighted by atomic mass is 16.5. The number of hydrogen-bond acceptors (Lipinski definition) is 3. The van der Waals surface area contributed by atoms with E-state index < -0.39 is 0 Å². The zero-order chi connectivity index (χ0) is 18.2. The fraction of sp³-hybridized carbons (Fsp3) is 0.182. The van der Waals surface area contributed by atoms with E-state index in [2.05, 4.69) is 17.5 Å². The third-order valence-electron chi connectivity index (χ3n) is 3.99. The molecule has 1 amide bonds. The lowest BCUT2D eigenvalue weighted by Gasteiger charge is -2.05. The predicted octanol–water partition coefficient (Wildman–Crippen LogP) is 4.32. The van der Waals surface area contributed by atoms with Gasteiger partial charge in [-0.15, -0.1) is 0 Å². The zero-order valence-corrected chi connectivity index (χ0v) is 14.8. The number of nitrogens with zero attached hydrogens (tertiary/aromatic N) is 1. The van der Waals surface area contributed by atoms with Crippen LogP contribution in [0.2, 0.25) is 0 Å². The molecular weight excluding hydrogens is 324 g/mol. The summed E-state index contributed by atoms with van der Waals surface area (Å²) in [6.07, 6.45) is 2.90. The van der Waals surface area contributed by atoms with Gasteiger partial charge < -0.3 is 4.74 Å². The van der Waals surface area contributed by atoms with Crippen molar-refractivity contribution >= 4 is 22.9 Å². The van der Waals surface area contributed by atoms with Crippen LogP contribution in [0.3, 0.4) is 0 Å². The standard InChI is InChI=1S/C22H22N2O2/c1-2-14-26-20-12-10-17(11-13-20)16-23-24-22(25)15-19-8-5-7-18-6-3-4-9-21(18)19/h3-13,16H,2,14-15H2,1H3,(H,24,25)/b23-16+. The van der Waals surface area contributed by atoms with E-state index in [9.17, 15) is 4.79 Å². The molecule has 0 fully saturated rings. The van der Waals surface area contributed by atoms with Crippen LogP contribution >= 0.6 is 0 Å². The van der Waals surface area contributed by atoms with Gasteiger partial charge in [-0.05, 0) is 52.6 Å². The Hall–Kier alpha value is -3.14. The molecule has 0 aliphatic heterocycles. The van der Waals surface area contributed by atoms with Gasteiger partial charge in [-0.1, -0.05) is 49.4 Å². The summed E-state index contributed by atoms with van der Waals surface area (Å²) >= 11 is 0. The van der Waals surface area contributed by atoms with E-state index in [1.807, 2.05) is 66.7 Å². The summed E-state index contributed by atoms with van der Waals surface area (Å²) in [7, 11) is 0. The molecule has 0 aromatic heterocycles. The molecular formula is C22H22N2O2. The van der Waals surface area contributed by atoms with Crippen molar-refractivity contribution in [1.82, 2.24) is 5.43 Å². The molecule has 3 rings (SSSR count). The summed E-state index contributed by atoms with van der Waals surface area (Å²) in [5, 5.41) is 6.27. The van der Waals surface area contributed by atoms with Gasteiger partial charge in [0.1, 0.15) is 5.75 Å². The number of hydrogen-bond donors (Lipinski definition) is 1. The second-order valence-electron chi connectivity index (χ2n) is 6.03. The highest BCUT2D eigenvalue weighted by Crippen LogP contribution is 2.18. The number of nitrogens with one attached hydrogen (secondary N) is 1. The van der Waals surface area contributed by atoms with Gasteiger partial charge >= 0.3 is 0 Å². The summed E-state index contributed by atoms with van der Waals surface area (Å²) < 4.78 is 5.54. The second-order valence-corrected chi connectivity index (χ2v) is 6.03. The van der Waals surface area contributed by atoms with E-state index in [0.29, 0.717) is 13.0 Å². The molecule has 0 radical (unpaired) electrons. The first-order valence-electron chi connectivity index (χ1n) is 8.77. The second kappa shape index (κ2) is 8.81. The van der Waals surface area contributed by atoms with Crippen LogP contribution < -0.4 is 10.2 Å². The minimum absolute atomic E-state index is 0.138. The number of carbonyl (C=O) groups is 1. The first kappa shape index (κ1) is 17.7. The maximum absolute atomic E-state index is 12.2. The van der Waals surface area contributed by atoms with Crippen LogP contribution in [0.25, 0.3) is 10.8 Å². The van der Waals surface area contributed by atoms with Crippen LogP contribution in [0.15, 0.2) is 71.8 Å². The van der Waals surface area contributed by atoms with Gasteiger partial charge in [0.2, 0.25) is 5.91 Å². The Balaban J connectivity index is 1.57. The topological polar surface area (TPSA) is 50.7 Å². The highest BCUT2D eigenvalue weighted by molar-refractivity contribution is 5.90. The quantitative estimate of drug-likeness (QED) is 0.512. The molecule has 0 bridgehead atoms. The van der Waals surface area contributed by atoms with Gasteiger partial charge in [0.15, 0.2) is 0 Å². The molecule has 0 atom stereocenters. The Bertz CT molecular complexity index is 896. The van der Waals surface area contributed by atoms with E-state index >= 15 is 0 Å². The van der Waals surface area contributed by atoms with Crippen LogP contribution in [0, 0.1) is 0 Å². The Morgan fingerprint density at radius 1 is 1.04 bits per heavy atom. The lowest BCUT2D eigenvalue weighted by Crippen LogP contribution is -2.19. The molecule has 132 valence electrons. The largest absolute Gasteiger partial charge is 0.494 e. The number of rotatable bonds is 7. The van der Waals surface area contributed by atoms with Crippen molar-refractivity contribution < 1.29 is 9.53 Å². The molecule has 0 aliphatic carbocycles. The number of ether oxygens (including phenoxy) is 1. The Kier molecular flexibility index (Phi) is 5.99. The summed E-state index contributed by atoms with van der Waals surface area (Å²) in [5.74, 6) is 0.699. The van der Waals surface area contributed by atoms with Crippen molar-refractivity contribution in [3.05, 3.63) is 77.9 Å². The molecule has 3 aromatic rings. The van der Waals surface area contributed by atoms with E-state index in [1.165, 1.54) is 0 Å². The van der Waals surface area contributed by atoms with Gasteiger partial charge in [-0.3, -0.25) is 4.79 Å². The summed E-state index contributed by atoms with van der Waals surface area (Å²) in [6, 6.07) is 21.7. The minimum atomic E-state index is -0.138. The smallest absolute Gasteiger partial charge is 0.244 e. The molecule has 4 heteroatoms. The molecule has 1 N–H and O–H groups in total. The fourth-order valence-electron chi connectivity index (χ4n) is 2.71. The average Bonchev–Trinajstić information content (AvgIpc) is 2.68. The molecule has 0 saturated heterocycles. The third kappa shape index (κ3) is 4.70. The first-order valence-corrected chi connectivity index (χ1v) is 8.77. The highest BCUT2D eigenvalue weighted by Gasteiger charge is 2.05. The van der Waals surface area contributed by atoms with Crippen LogP contribution in [0.4, 0.5) is 0 Å². The minimum Gasteiger partial charge on any atom is -0.494 e. The van der Waals surface area contributed by atoms with E-state index in [1.54, 1.807) is 6.21 Å². The van der Waals surface area contributed by atoms with Crippen molar-refractivity contribution in [3.63, 3.8) is 0 Å². The van der Waals surface area contributed by atoms with Crippen LogP contribution in [0.1, 0.15) is 24.5 Å². The van der Waals surface area contributed by atoms with Gasteiger partial charge in [-0.2, -0.15) is 5.10 Å². The number of benzene rings is 3. The van der Waals surface area contributed by atoms with Crippen LogP contribution in [-0.2, 0) is 11.2 Å². The molecule has 0 saturated carbocycles.